The van der Waals surface area contributed by atoms with Gasteiger partial charge in [-0.05, 0) is 91.4 Å². The van der Waals surface area contributed by atoms with E-state index in [2.05, 4.69) is 5.43 Å². The van der Waals surface area contributed by atoms with Crippen LogP contribution in [0, 0.1) is 42.2 Å². The first-order chi connectivity index (χ1) is 24.4. The van der Waals surface area contributed by atoms with Gasteiger partial charge in [-0.2, -0.15) is 5.01 Å². The summed E-state index contributed by atoms with van der Waals surface area (Å²) in [6, 6.07) is 20.5. The summed E-state index contributed by atoms with van der Waals surface area (Å²) in [5.74, 6) is -9.09. The lowest BCUT2D eigenvalue weighted by molar-refractivity contribution is -0.138. The summed E-state index contributed by atoms with van der Waals surface area (Å²) in [5, 5.41) is 13.0. The number of hydrogen-bond acceptors (Lipinski definition) is 6. The SMILES string of the molecule is Cc1ccc(N2C(=O)[C@H]3[C@H](CC=C4[C@H]3C[C@H]3C(=O)N(Nc5ccc(F)cc5)C(=O)[C@@]3(c3ccc(Cl)cc3)[C@H]4c3cccc(F)c3O)C2=O)cc1Cl. The second kappa shape index (κ2) is 12.0. The number of nitrogens with zero attached hydrogens (tertiary/aromatic N) is 2. The highest BCUT2D eigenvalue weighted by molar-refractivity contribution is 6.32. The highest BCUT2D eigenvalue weighted by Gasteiger charge is 2.70. The molecule has 4 aromatic carbocycles. The van der Waals surface area contributed by atoms with E-state index in [1.54, 1.807) is 55.5 Å². The quantitative estimate of drug-likeness (QED) is 0.163. The minimum Gasteiger partial charge on any atom is -0.505 e. The zero-order chi connectivity index (χ0) is 35.9. The third-order valence-electron chi connectivity index (χ3n) is 11.0. The molecule has 2 aliphatic carbocycles. The van der Waals surface area contributed by atoms with Gasteiger partial charge >= 0.3 is 0 Å². The Balaban J connectivity index is 1.33. The number of phenolic OH excluding ortho intramolecular Hbond substituents is 1. The van der Waals surface area contributed by atoms with Crippen LogP contribution in [0.1, 0.15) is 35.4 Å². The van der Waals surface area contributed by atoms with Gasteiger partial charge in [-0.25, -0.2) is 13.7 Å². The van der Waals surface area contributed by atoms with Crippen LogP contribution in [-0.2, 0) is 24.6 Å². The van der Waals surface area contributed by atoms with Gasteiger partial charge < -0.3 is 5.11 Å². The third-order valence-corrected chi connectivity index (χ3v) is 11.7. The number of carbonyl (C=O) groups excluding carboxylic acids is 4. The van der Waals surface area contributed by atoms with Crippen LogP contribution in [0.4, 0.5) is 20.2 Å². The maximum Gasteiger partial charge on any atom is 0.260 e. The van der Waals surface area contributed by atoms with Gasteiger partial charge in [-0.3, -0.25) is 24.6 Å². The average Bonchev–Trinajstić information content (AvgIpc) is 3.49. The molecule has 2 heterocycles. The molecule has 8 nitrogen and oxygen atoms in total. The molecule has 4 aliphatic rings. The molecule has 2 saturated heterocycles. The maximum absolute atomic E-state index is 15.3. The molecule has 0 spiro atoms. The maximum atomic E-state index is 15.3. The lowest BCUT2D eigenvalue weighted by atomic mass is 9.49. The van der Waals surface area contributed by atoms with E-state index >= 15 is 9.18 Å². The van der Waals surface area contributed by atoms with Crippen molar-refractivity contribution < 1.29 is 33.1 Å². The van der Waals surface area contributed by atoms with E-state index in [0.29, 0.717) is 26.9 Å². The third kappa shape index (κ3) is 4.83. The Morgan fingerprint density at radius 1 is 0.863 bits per heavy atom. The van der Waals surface area contributed by atoms with Crippen molar-refractivity contribution >= 4 is 58.2 Å². The molecule has 2 N–H and O–H groups in total. The number of phenols is 1. The fraction of sp³-hybridized carbons (Fsp3) is 0.231. The number of benzene rings is 4. The molecule has 0 radical (unpaired) electrons. The van der Waals surface area contributed by atoms with Gasteiger partial charge in [0.15, 0.2) is 11.6 Å². The second-order valence-corrected chi connectivity index (χ2v) is 14.3. The van der Waals surface area contributed by atoms with Crippen LogP contribution in [0.15, 0.2) is 96.6 Å². The van der Waals surface area contributed by atoms with E-state index in [-0.39, 0.29) is 24.1 Å². The van der Waals surface area contributed by atoms with Crippen molar-refractivity contribution in [3.05, 3.63) is 135 Å². The van der Waals surface area contributed by atoms with Crippen molar-refractivity contribution in [2.45, 2.75) is 31.1 Å². The largest absolute Gasteiger partial charge is 0.505 e. The standard InChI is InChI=1S/C39H29Cl2F2N3O5/c1-19-5-14-24(17-30(19)41)45-35(48)26-16-15-25-28(32(26)37(45)50)18-29-36(49)46(44-23-12-10-22(42)11-13-23)38(51)39(29,20-6-8-21(40)9-7-20)33(25)27-3-2-4-31(43)34(27)47/h2-15,17,26,28-29,32-33,44,47H,16,18H2,1H3/t26-,28+,29-,32-,33+,39+/m0/s1. The predicted octanol–water partition coefficient (Wildman–Crippen LogP) is 7.48. The molecule has 12 heteroatoms. The number of imide groups is 2. The number of carbonyl (C=O) groups is 4. The number of fused-ring (bicyclic) bond motifs is 4. The summed E-state index contributed by atoms with van der Waals surface area (Å²) in [6.45, 7) is 1.81. The fourth-order valence-corrected chi connectivity index (χ4v) is 9.04. The minimum absolute atomic E-state index is 0.0180. The van der Waals surface area contributed by atoms with E-state index < -0.39 is 76.0 Å². The molecule has 4 amide bonds. The number of amides is 4. The molecular formula is C39H29Cl2F2N3O5. The number of para-hydroxylation sites is 1. The lowest BCUT2D eigenvalue weighted by Gasteiger charge is -2.50. The summed E-state index contributed by atoms with van der Waals surface area (Å²) in [5.41, 5.74) is 3.42. The Morgan fingerprint density at radius 3 is 2.29 bits per heavy atom. The number of halogens is 4. The Morgan fingerprint density at radius 2 is 1.59 bits per heavy atom. The van der Waals surface area contributed by atoms with Gasteiger partial charge in [-0.1, -0.05) is 65.2 Å². The molecule has 0 aromatic heterocycles. The van der Waals surface area contributed by atoms with Crippen LogP contribution < -0.4 is 10.3 Å². The number of aryl methyl sites for hydroxylation is 1. The monoisotopic (exact) mass is 727 g/mol. The van der Waals surface area contributed by atoms with Crippen LogP contribution in [0.5, 0.6) is 5.75 Å². The molecule has 0 bridgehead atoms. The van der Waals surface area contributed by atoms with E-state index in [9.17, 15) is 23.9 Å². The highest BCUT2D eigenvalue weighted by Crippen LogP contribution is 2.65. The molecule has 0 unspecified atom stereocenters. The van der Waals surface area contributed by atoms with E-state index in [1.165, 1.54) is 36.4 Å². The van der Waals surface area contributed by atoms with Crippen LogP contribution in [0.25, 0.3) is 0 Å². The van der Waals surface area contributed by atoms with Crippen molar-refractivity contribution in [1.82, 2.24) is 5.01 Å². The number of hydrogen-bond donors (Lipinski definition) is 2. The topological polar surface area (TPSA) is 107 Å². The summed E-state index contributed by atoms with van der Waals surface area (Å²) < 4.78 is 29.1. The van der Waals surface area contributed by atoms with Crippen LogP contribution in [0.3, 0.4) is 0 Å². The highest BCUT2D eigenvalue weighted by atomic mass is 35.5. The second-order valence-electron chi connectivity index (χ2n) is 13.5. The molecule has 6 atom stereocenters. The smallest absolute Gasteiger partial charge is 0.260 e. The minimum atomic E-state index is -1.76. The van der Waals surface area contributed by atoms with Crippen LogP contribution >= 0.6 is 23.2 Å². The van der Waals surface area contributed by atoms with Gasteiger partial charge in [0.25, 0.3) is 11.8 Å². The number of nitrogens with one attached hydrogen (secondary N) is 1. The number of rotatable bonds is 5. The van der Waals surface area contributed by atoms with Gasteiger partial charge in [0.2, 0.25) is 11.8 Å². The van der Waals surface area contributed by atoms with Crippen molar-refractivity contribution in [1.29, 1.82) is 0 Å². The lowest BCUT2D eigenvalue weighted by Crippen LogP contribution is -2.53. The predicted molar refractivity (Wildman–Crippen MR) is 186 cm³/mol. The molecule has 3 fully saturated rings. The first kappa shape index (κ1) is 33.1. The number of allylic oxidation sites excluding steroid dienone is 2. The number of anilines is 2. The first-order valence-electron chi connectivity index (χ1n) is 16.4. The Bertz CT molecular complexity index is 2190. The molecule has 51 heavy (non-hydrogen) atoms. The van der Waals surface area contributed by atoms with Gasteiger partial charge in [0.1, 0.15) is 5.82 Å². The summed E-state index contributed by atoms with van der Waals surface area (Å²) in [6.07, 6.45) is 1.92. The molecule has 2 aliphatic heterocycles. The number of aromatic hydroxyl groups is 1. The Kier molecular flexibility index (Phi) is 7.81. The van der Waals surface area contributed by atoms with E-state index in [1.807, 2.05) is 0 Å². The van der Waals surface area contributed by atoms with E-state index in [4.69, 9.17) is 23.2 Å². The molecule has 258 valence electrons. The average molecular weight is 729 g/mol. The van der Waals surface area contributed by atoms with Gasteiger partial charge in [0.05, 0.1) is 34.5 Å². The Labute approximate surface area is 301 Å². The van der Waals surface area contributed by atoms with Crippen molar-refractivity contribution in [3.63, 3.8) is 0 Å². The van der Waals surface area contributed by atoms with Gasteiger partial charge in [0, 0.05) is 21.5 Å². The van der Waals surface area contributed by atoms with Crippen molar-refractivity contribution in [2.75, 3.05) is 10.3 Å². The van der Waals surface area contributed by atoms with Crippen LogP contribution in [0.2, 0.25) is 10.0 Å². The normalized spacial score (nSPS) is 26.9. The zero-order valence-corrected chi connectivity index (χ0v) is 28.5. The van der Waals surface area contributed by atoms with Crippen LogP contribution in [-0.4, -0.2) is 33.7 Å². The fourth-order valence-electron chi connectivity index (χ4n) is 8.74. The Hall–Kier alpha value is -5.06. The summed E-state index contributed by atoms with van der Waals surface area (Å²) in [4.78, 5) is 59.3. The van der Waals surface area contributed by atoms with Gasteiger partial charge in [-0.15, -0.1) is 0 Å². The molecule has 1 saturated carbocycles. The molecule has 8 rings (SSSR count). The summed E-state index contributed by atoms with van der Waals surface area (Å²) >= 11 is 12.7. The molecule has 4 aromatic rings. The summed E-state index contributed by atoms with van der Waals surface area (Å²) in [7, 11) is 0. The van der Waals surface area contributed by atoms with Crippen molar-refractivity contribution in [2.24, 2.45) is 23.7 Å². The van der Waals surface area contributed by atoms with E-state index in [0.717, 1.165) is 21.5 Å². The first-order valence-corrected chi connectivity index (χ1v) is 17.2. The molecular weight excluding hydrogens is 699 g/mol. The zero-order valence-electron chi connectivity index (χ0n) is 26.9. The number of hydrazine groups is 1. The van der Waals surface area contributed by atoms with Crippen molar-refractivity contribution in [3.8, 4) is 5.75 Å².